The number of methoxy groups -OCH3 is 1. The van der Waals surface area contributed by atoms with Crippen LogP contribution in [0.4, 0.5) is 10.5 Å². The van der Waals surface area contributed by atoms with Crippen LogP contribution in [0.2, 0.25) is 0 Å². The molecule has 0 spiro atoms. The monoisotopic (exact) mass is 309 g/mol. The number of hydrogen-bond acceptors (Lipinski definition) is 6. The van der Waals surface area contributed by atoms with Crippen molar-refractivity contribution in [2.24, 2.45) is 5.84 Å². The number of benzene rings is 1. The molecule has 0 heterocycles. The summed E-state index contributed by atoms with van der Waals surface area (Å²) in [5.74, 6) is 4.57. The second-order valence-corrected chi connectivity index (χ2v) is 5.33. The third-order valence-electron chi connectivity index (χ3n) is 2.53. The van der Waals surface area contributed by atoms with Crippen LogP contribution in [0.3, 0.4) is 0 Å². The van der Waals surface area contributed by atoms with Gasteiger partial charge in [-0.05, 0) is 32.9 Å². The van der Waals surface area contributed by atoms with E-state index in [4.69, 9.17) is 15.3 Å². The zero-order valence-electron chi connectivity index (χ0n) is 12.9. The number of ether oxygens (including phenoxy) is 2. The van der Waals surface area contributed by atoms with Gasteiger partial charge in [-0.15, -0.1) is 0 Å². The zero-order valence-corrected chi connectivity index (χ0v) is 12.9. The van der Waals surface area contributed by atoms with E-state index in [1.165, 1.54) is 19.2 Å². The van der Waals surface area contributed by atoms with Crippen LogP contribution in [0, 0.1) is 0 Å². The highest BCUT2D eigenvalue weighted by Crippen LogP contribution is 2.31. The van der Waals surface area contributed by atoms with E-state index in [0.29, 0.717) is 6.29 Å². The number of nitrogens with two attached hydrogens (primary N) is 1. The van der Waals surface area contributed by atoms with Gasteiger partial charge in [-0.3, -0.25) is 20.3 Å². The number of hydrazine groups is 1. The van der Waals surface area contributed by atoms with Gasteiger partial charge in [-0.25, -0.2) is 10.6 Å². The van der Waals surface area contributed by atoms with Crippen LogP contribution in [-0.4, -0.2) is 31.0 Å². The molecular weight excluding hydrogens is 290 g/mol. The topological polar surface area (TPSA) is 120 Å². The molecule has 8 nitrogen and oxygen atoms in total. The fraction of sp³-hybridized carbons (Fsp3) is 0.357. The largest absolute Gasteiger partial charge is 0.495 e. The number of hydrogen-bond donors (Lipinski definition) is 3. The molecule has 2 amide bonds. The Labute approximate surface area is 127 Å². The second kappa shape index (κ2) is 6.90. The number of carbonyl (C=O) groups excluding carboxylic acids is 3. The van der Waals surface area contributed by atoms with Crippen molar-refractivity contribution in [2.45, 2.75) is 26.4 Å². The molecule has 1 aromatic carbocycles. The Morgan fingerprint density at radius 3 is 2.36 bits per heavy atom. The van der Waals surface area contributed by atoms with Crippen LogP contribution in [-0.2, 0) is 4.74 Å². The Morgan fingerprint density at radius 2 is 1.91 bits per heavy atom. The summed E-state index contributed by atoms with van der Waals surface area (Å²) in [7, 11) is 1.36. The van der Waals surface area contributed by atoms with Crippen molar-refractivity contribution in [1.29, 1.82) is 0 Å². The zero-order chi connectivity index (χ0) is 16.9. The smallest absolute Gasteiger partial charge is 0.412 e. The molecule has 0 aromatic heterocycles. The van der Waals surface area contributed by atoms with Gasteiger partial charge in [-0.2, -0.15) is 0 Å². The molecule has 4 N–H and O–H groups in total. The first-order valence-corrected chi connectivity index (χ1v) is 6.40. The molecule has 0 saturated heterocycles. The summed E-state index contributed by atoms with van der Waals surface area (Å²) < 4.78 is 10.2. The Balaban J connectivity index is 3.33. The maximum atomic E-state index is 11.9. The van der Waals surface area contributed by atoms with Gasteiger partial charge in [-0.1, -0.05) is 0 Å². The molecule has 1 aromatic rings. The van der Waals surface area contributed by atoms with Gasteiger partial charge in [0.05, 0.1) is 18.4 Å². The standard InChI is InChI=1S/C14H19N3O5/c1-14(2,3)22-13(20)16-11-9(21-4)6-5-8(7-18)10(11)12(19)17-15/h5-7H,15H2,1-4H3,(H,16,20)(H,17,19). The first-order valence-electron chi connectivity index (χ1n) is 6.40. The summed E-state index contributed by atoms with van der Waals surface area (Å²) in [6.07, 6.45) is -0.315. The molecule has 0 radical (unpaired) electrons. The highest BCUT2D eigenvalue weighted by Gasteiger charge is 2.24. The average molecular weight is 309 g/mol. The molecule has 0 aliphatic rings. The van der Waals surface area contributed by atoms with E-state index in [1.807, 2.05) is 5.43 Å². The number of nitrogens with one attached hydrogen (secondary N) is 2. The lowest BCUT2D eigenvalue weighted by molar-refractivity contribution is 0.0635. The van der Waals surface area contributed by atoms with Crippen molar-refractivity contribution in [1.82, 2.24) is 5.43 Å². The van der Waals surface area contributed by atoms with Crippen LogP contribution in [0.25, 0.3) is 0 Å². The SMILES string of the molecule is COc1ccc(C=O)c(C(=O)NN)c1NC(=O)OC(C)(C)C. The molecule has 0 bridgehead atoms. The maximum absolute atomic E-state index is 11.9. The number of rotatable bonds is 4. The van der Waals surface area contributed by atoms with Gasteiger partial charge in [0.15, 0.2) is 6.29 Å². The third-order valence-corrected chi connectivity index (χ3v) is 2.53. The minimum Gasteiger partial charge on any atom is -0.495 e. The summed E-state index contributed by atoms with van der Waals surface area (Å²) in [5.41, 5.74) is 1.14. The summed E-state index contributed by atoms with van der Waals surface area (Å²) in [4.78, 5) is 34.9. The third kappa shape index (κ3) is 4.19. The minimum atomic E-state index is -0.792. The van der Waals surface area contributed by atoms with Gasteiger partial charge in [0.1, 0.15) is 11.4 Å². The van der Waals surface area contributed by atoms with Crippen LogP contribution in [0.5, 0.6) is 5.75 Å². The molecule has 8 heteroatoms. The number of aldehydes is 1. The van der Waals surface area contributed by atoms with E-state index >= 15 is 0 Å². The quantitative estimate of drug-likeness (QED) is 0.335. The van der Waals surface area contributed by atoms with E-state index < -0.39 is 17.6 Å². The average Bonchev–Trinajstić information content (AvgIpc) is 2.43. The first kappa shape index (κ1) is 17.4. The Bertz CT molecular complexity index is 593. The van der Waals surface area contributed by atoms with Crippen LogP contribution < -0.4 is 21.3 Å². The highest BCUT2D eigenvalue weighted by molar-refractivity contribution is 6.09. The van der Waals surface area contributed by atoms with Crippen LogP contribution in [0.15, 0.2) is 12.1 Å². The molecule has 0 unspecified atom stereocenters. The van der Waals surface area contributed by atoms with Gasteiger partial charge in [0.25, 0.3) is 5.91 Å². The Hall–Kier alpha value is -2.61. The first-order chi connectivity index (χ1) is 10.2. The minimum absolute atomic E-state index is 0.00398. The van der Waals surface area contributed by atoms with E-state index in [9.17, 15) is 14.4 Å². The number of nitrogen functional groups attached to an aromatic ring is 1. The molecule has 22 heavy (non-hydrogen) atoms. The molecule has 120 valence electrons. The lowest BCUT2D eigenvalue weighted by atomic mass is 10.0. The van der Waals surface area contributed by atoms with Crippen molar-refractivity contribution in [2.75, 3.05) is 12.4 Å². The fourth-order valence-corrected chi connectivity index (χ4v) is 1.71. The van der Waals surface area contributed by atoms with Crippen molar-refractivity contribution in [3.05, 3.63) is 23.3 Å². The summed E-state index contributed by atoms with van der Waals surface area (Å²) in [6, 6.07) is 2.83. The van der Waals surface area contributed by atoms with E-state index in [2.05, 4.69) is 5.32 Å². The van der Waals surface area contributed by atoms with Crippen molar-refractivity contribution in [3.8, 4) is 5.75 Å². The molecule has 0 fully saturated rings. The molecule has 0 atom stereocenters. The Kier molecular flexibility index (Phi) is 5.47. The predicted octanol–water partition coefficient (Wildman–Crippen LogP) is 1.46. The molecule has 0 aliphatic heterocycles. The van der Waals surface area contributed by atoms with Gasteiger partial charge in [0, 0.05) is 5.56 Å². The molecule has 0 aliphatic carbocycles. The lowest BCUT2D eigenvalue weighted by Gasteiger charge is -2.21. The van der Waals surface area contributed by atoms with Gasteiger partial charge >= 0.3 is 6.09 Å². The molecular formula is C14H19N3O5. The highest BCUT2D eigenvalue weighted by atomic mass is 16.6. The lowest BCUT2D eigenvalue weighted by Crippen LogP contribution is -2.33. The van der Waals surface area contributed by atoms with Crippen molar-refractivity contribution < 1.29 is 23.9 Å². The van der Waals surface area contributed by atoms with Crippen molar-refractivity contribution in [3.63, 3.8) is 0 Å². The second-order valence-electron chi connectivity index (χ2n) is 5.33. The normalized spacial score (nSPS) is 10.6. The summed E-state index contributed by atoms with van der Waals surface area (Å²) >= 11 is 0. The van der Waals surface area contributed by atoms with E-state index in [0.717, 1.165) is 0 Å². The molecule has 0 saturated carbocycles. The van der Waals surface area contributed by atoms with E-state index in [1.54, 1.807) is 20.8 Å². The predicted molar refractivity (Wildman–Crippen MR) is 79.9 cm³/mol. The number of carbonyl (C=O) groups is 3. The van der Waals surface area contributed by atoms with E-state index in [-0.39, 0.29) is 22.6 Å². The van der Waals surface area contributed by atoms with Gasteiger partial charge < -0.3 is 9.47 Å². The Morgan fingerprint density at radius 1 is 1.27 bits per heavy atom. The van der Waals surface area contributed by atoms with Crippen molar-refractivity contribution >= 4 is 24.0 Å². The summed E-state index contributed by atoms with van der Waals surface area (Å²) in [5, 5.41) is 2.42. The summed E-state index contributed by atoms with van der Waals surface area (Å²) in [6.45, 7) is 5.08. The van der Waals surface area contributed by atoms with Crippen LogP contribution in [0.1, 0.15) is 41.5 Å². The maximum Gasteiger partial charge on any atom is 0.412 e. The number of anilines is 1. The number of amides is 2. The van der Waals surface area contributed by atoms with Gasteiger partial charge in [0.2, 0.25) is 0 Å². The van der Waals surface area contributed by atoms with Crippen LogP contribution >= 0.6 is 0 Å². The molecule has 1 rings (SSSR count). The fourth-order valence-electron chi connectivity index (χ4n) is 1.71.